The van der Waals surface area contributed by atoms with Gasteiger partial charge in [-0.05, 0) is 43.5 Å². The molecule has 0 aromatic heterocycles. The first-order valence-electron chi connectivity index (χ1n) is 9.40. The molecular weight excluding hydrogens is 398 g/mol. The molecule has 2 atom stereocenters. The molecule has 8 nitrogen and oxygen atoms in total. The first-order valence-corrected chi connectivity index (χ1v) is 11.2. The molecule has 0 saturated carbocycles. The van der Waals surface area contributed by atoms with E-state index < -0.39 is 28.3 Å². The Morgan fingerprint density at radius 2 is 2.10 bits per heavy atom. The van der Waals surface area contributed by atoms with E-state index >= 15 is 0 Å². The van der Waals surface area contributed by atoms with E-state index in [1.807, 2.05) is 13.8 Å². The lowest BCUT2D eigenvalue weighted by atomic mass is 10.1. The van der Waals surface area contributed by atoms with Crippen molar-refractivity contribution in [1.29, 1.82) is 0 Å². The van der Waals surface area contributed by atoms with Crippen molar-refractivity contribution in [3.05, 3.63) is 29.8 Å². The van der Waals surface area contributed by atoms with E-state index in [4.69, 9.17) is 9.47 Å². The van der Waals surface area contributed by atoms with Crippen LogP contribution in [0.1, 0.15) is 32.3 Å². The van der Waals surface area contributed by atoms with Crippen LogP contribution in [0.3, 0.4) is 0 Å². The van der Waals surface area contributed by atoms with Crippen molar-refractivity contribution in [3.8, 4) is 11.5 Å². The Kier molecular flexibility index (Phi) is 7.66. The zero-order valence-electron chi connectivity index (χ0n) is 16.8. The van der Waals surface area contributed by atoms with E-state index in [0.717, 1.165) is 0 Å². The highest BCUT2D eigenvalue weighted by atomic mass is 32.2. The van der Waals surface area contributed by atoms with Crippen LogP contribution in [0.25, 0.3) is 6.08 Å². The molecule has 1 aromatic carbocycles. The van der Waals surface area contributed by atoms with E-state index in [9.17, 15) is 23.1 Å². The number of benzene rings is 1. The number of methoxy groups -OCH3 is 1. The molecule has 1 aliphatic heterocycles. The van der Waals surface area contributed by atoms with Gasteiger partial charge in [0, 0.05) is 18.2 Å². The van der Waals surface area contributed by atoms with Crippen LogP contribution in [-0.4, -0.2) is 67.6 Å². The van der Waals surface area contributed by atoms with Crippen molar-refractivity contribution in [1.82, 2.24) is 4.90 Å². The molecular formula is C20H27NO7S. The smallest absolute Gasteiger partial charge is 0.331 e. The molecule has 0 spiro atoms. The number of ether oxygens (including phenoxy) is 2. The van der Waals surface area contributed by atoms with Crippen LogP contribution in [0.2, 0.25) is 0 Å². The minimum atomic E-state index is -3.14. The highest BCUT2D eigenvalue weighted by Crippen LogP contribution is 2.26. The predicted molar refractivity (Wildman–Crippen MR) is 108 cm³/mol. The summed E-state index contributed by atoms with van der Waals surface area (Å²) in [5, 5.41) is 9.58. The number of nitrogens with zero attached hydrogens (tertiary/aromatic N) is 1. The lowest BCUT2D eigenvalue weighted by molar-refractivity contribution is -0.150. The van der Waals surface area contributed by atoms with Crippen LogP contribution in [0.4, 0.5) is 0 Å². The van der Waals surface area contributed by atoms with Gasteiger partial charge in [-0.25, -0.2) is 13.2 Å². The normalized spacial score (nSPS) is 19.1. The summed E-state index contributed by atoms with van der Waals surface area (Å²) in [6.45, 7) is 3.31. The van der Waals surface area contributed by atoms with Crippen molar-refractivity contribution >= 4 is 27.8 Å². The Hall–Kier alpha value is -2.55. The summed E-state index contributed by atoms with van der Waals surface area (Å²) in [5.74, 6) is -0.845. The average molecular weight is 426 g/mol. The largest absolute Gasteiger partial charge is 0.504 e. The number of carbonyl (C=O) groups excluding carboxylic acids is 2. The number of hydrogen-bond acceptors (Lipinski definition) is 7. The summed E-state index contributed by atoms with van der Waals surface area (Å²) in [4.78, 5) is 26.1. The van der Waals surface area contributed by atoms with E-state index in [1.54, 1.807) is 12.1 Å². The van der Waals surface area contributed by atoms with Gasteiger partial charge >= 0.3 is 5.97 Å². The molecule has 1 N–H and O–H groups in total. The third-order valence-corrected chi connectivity index (χ3v) is 6.66. The fourth-order valence-electron chi connectivity index (χ4n) is 3.22. The number of rotatable bonds is 8. The van der Waals surface area contributed by atoms with Gasteiger partial charge in [0.05, 0.1) is 18.6 Å². The van der Waals surface area contributed by atoms with Crippen LogP contribution < -0.4 is 4.74 Å². The van der Waals surface area contributed by atoms with Gasteiger partial charge in [0.2, 0.25) is 0 Å². The average Bonchev–Trinajstić information content (AvgIpc) is 3.04. The summed E-state index contributed by atoms with van der Waals surface area (Å²) >= 11 is 0. The molecule has 1 saturated heterocycles. The molecule has 1 amide bonds. The highest BCUT2D eigenvalue weighted by molar-refractivity contribution is 7.91. The number of hydrogen-bond donors (Lipinski definition) is 1. The zero-order valence-corrected chi connectivity index (χ0v) is 17.6. The number of phenols is 1. The Morgan fingerprint density at radius 3 is 2.69 bits per heavy atom. The van der Waals surface area contributed by atoms with Crippen molar-refractivity contribution in [2.24, 2.45) is 0 Å². The van der Waals surface area contributed by atoms with Crippen molar-refractivity contribution in [2.45, 2.75) is 38.8 Å². The molecule has 1 aliphatic rings. The maximum absolute atomic E-state index is 12.6. The van der Waals surface area contributed by atoms with E-state index in [2.05, 4.69) is 0 Å². The van der Waals surface area contributed by atoms with Crippen molar-refractivity contribution < 1.29 is 32.6 Å². The Bertz CT molecular complexity index is 879. The van der Waals surface area contributed by atoms with Gasteiger partial charge in [-0.2, -0.15) is 0 Å². The van der Waals surface area contributed by atoms with Gasteiger partial charge in [0.25, 0.3) is 5.91 Å². The SMILES string of the molecule is CCC(C)N(C(=O)COC(=O)/C=C/c1ccc(O)c(OC)c1)C1CCS(=O)(=O)C1. The van der Waals surface area contributed by atoms with Crippen LogP contribution in [0.15, 0.2) is 24.3 Å². The molecule has 1 fully saturated rings. The summed E-state index contributed by atoms with van der Waals surface area (Å²) in [5.41, 5.74) is 0.611. The lowest BCUT2D eigenvalue weighted by Crippen LogP contribution is -2.48. The fourth-order valence-corrected chi connectivity index (χ4v) is 4.93. The summed E-state index contributed by atoms with van der Waals surface area (Å²) in [7, 11) is -1.72. The molecule has 0 radical (unpaired) electrons. The fraction of sp³-hybridized carbons (Fsp3) is 0.500. The van der Waals surface area contributed by atoms with Crippen LogP contribution in [0, 0.1) is 0 Å². The monoisotopic (exact) mass is 425 g/mol. The Morgan fingerprint density at radius 1 is 1.38 bits per heavy atom. The van der Waals surface area contributed by atoms with Crippen molar-refractivity contribution in [2.75, 3.05) is 25.2 Å². The van der Waals surface area contributed by atoms with Crippen LogP contribution in [0.5, 0.6) is 11.5 Å². The molecule has 0 aliphatic carbocycles. The van der Waals surface area contributed by atoms with Gasteiger partial charge in [0.1, 0.15) is 0 Å². The summed E-state index contributed by atoms with van der Waals surface area (Å²) in [6, 6.07) is 4.04. The zero-order chi connectivity index (χ0) is 21.6. The highest BCUT2D eigenvalue weighted by Gasteiger charge is 2.36. The predicted octanol–water partition coefficient (Wildman–Crippen LogP) is 1.77. The van der Waals surface area contributed by atoms with E-state index in [0.29, 0.717) is 18.4 Å². The Labute approximate surface area is 171 Å². The third-order valence-electron chi connectivity index (χ3n) is 4.91. The van der Waals surface area contributed by atoms with Crippen LogP contribution in [-0.2, 0) is 24.2 Å². The number of esters is 1. The second-order valence-corrected chi connectivity index (χ2v) is 9.22. The topological polar surface area (TPSA) is 110 Å². The maximum Gasteiger partial charge on any atom is 0.331 e. The van der Waals surface area contributed by atoms with E-state index in [-0.39, 0.29) is 35.1 Å². The van der Waals surface area contributed by atoms with E-state index in [1.165, 1.54) is 30.2 Å². The van der Waals surface area contributed by atoms with Gasteiger partial charge < -0.3 is 19.5 Å². The van der Waals surface area contributed by atoms with Crippen LogP contribution >= 0.6 is 0 Å². The molecule has 160 valence electrons. The Balaban J connectivity index is 1.97. The number of phenolic OH excluding ortho intramolecular Hbond substituents is 1. The van der Waals surface area contributed by atoms with Gasteiger partial charge in [-0.3, -0.25) is 4.79 Å². The number of aromatic hydroxyl groups is 1. The molecule has 1 heterocycles. The second-order valence-electron chi connectivity index (χ2n) is 6.99. The third kappa shape index (κ3) is 6.22. The van der Waals surface area contributed by atoms with Gasteiger partial charge in [-0.1, -0.05) is 13.0 Å². The minimum Gasteiger partial charge on any atom is -0.504 e. The van der Waals surface area contributed by atoms with Gasteiger partial charge in [0.15, 0.2) is 27.9 Å². The first kappa shape index (κ1) is 22.7. The quantitative estimate of drug-likeness (QED) is 0.499. The molecule has 0 bridgehead atoms. The van der Waals surface area contributed by atoms with Gasteiger partial charge in [-0.15, -0.1) is 0 Å². The maximum atomic E-state index is 12.6. The number of carbonyl (C=O) groups is 2. The lowest BCUT2D eigenvalue weighted by Gasteiger charge is -2.33. The molecule has 9 heteroatoms. The standard InChI is InChI=1S/C20H27NO7S/c1-4-14(2)21(16-9-10-29(25,26)13-16)19(23)12-28-20(24)8-6-15-5-7-17(22)18(11-15)27-3/h5-8,11,14,16,22H,4,9-10,12-13H2,1-3H3/b8-6+. The first-order chi connectivity index (χ1) is 13.7. The number of amides is 1. The minimum absolute atomic E-state index is 0.0168. The number of sulfone groups is 1. The second kappa shape index (κ2) is 9.78. The molecule has 2 unspecified atom stereocenters. The van der Waals surface area contributed by atoms with Crippen molar-refractivity contribution in [3.63, 3.8) is 0 Å². The summed E-state index contributed by atoms with van der Waals surface area (Å²) < 4.78 is 33.6. The molecule has 1 aromatic rings. The molecule has 29 heavy (non-hydrogen) atoms. The molecule has 2 rings (SSSR count). The summed E-state index contributed by atoms with van der Waals surface area (Å²) in [6.07, 6.45) is 3.71.